The molecule has 0 aliphatic carbocycles. The molecular formula is C29H30Cl3NO4. The van der Waals surface area contributed by atoms with Crippen LogP contribution in [0.4, 0.5) is 0 Å². The number of carboxylic acid groups (broad SMARTS) is 1. The van der Waals surface area contributed by atoms with Crippen molar-refractivity contribution in [1.82, 2.24) is 5.32 Å². The summed E-state index contributed by atoms with van der Waals surface area (Å²) in [6.45, 7) is 2.63. The minimum absolute atomic E-state index is 0.108. The second-order valence-electron chi connectivity index (χ2n) is 8.80. The van der Waals surface area contributed by atoms with Crippen LogP contribution in [-0.4, -0.2) is 29.6 Å². The smallest absolute Gasteiger partial charge is 0.326 e. The Balaban J connectivity index is 1.67. The first-order chi connectivity index (χ1) is 17.8. The molecule has 0 saturated heterocycles. The minimum atomic E-state index is -1.14. The summed E-state index contributed by atoms with van der Waals surface area (Å²) in [5, 5.41) is 13.7. The third kappa shape index (κ3) is 8.67. The van der Waals surface area contributed by atoms with Crippen LogP contribution in [0, 0.1) is 0 Å². The molecule has 3 aromatic rings. The zero-order chi connectivity index (χ0) is 26.8. The predicted octanol–water partition coefficient (Wildman–Crippen LogP) is 8.09. The lowest BCUT2D eigenvalue weighted by atomic mass is 10.0. The van der Waals surface area contributed by atoms with Crippen molar-refractivity contribution in [3.8, 4) is 16.9 Å². The molecular weight excluding hydrogens is 533 g/mol. The molecule has 0 bridgehead atoms. The second-order valence-corrected chi connectivity index (χ2v) is 10.0. The van der Waals surface area contributed by atoms with Gasteiger partial charge in [0.1, 0.15) is 11.8 Å². The summed E-state index contributed by atoms with van der Waals surface area (Å²) >= 11 is 18.2. The van der Waals surface area contributed by atoms with Crippen molar-refractivity contribution in [2.75, 3.05) is 6.61 Å². The maximum atomic E-state index is 13.1. The largest absolute Gasteiger partial charge is 0.493 e. The molecule has 3 rings (SSSR count). The fourth-order valence-corrected chi connectivity index (χ4v) is 4.34. The maximum absolute atomic E-state index is 13.1. The molecule has 0 aliphatic heterocycles. The first kappa shape index (κ1) is 28.8. The van der Waals surface area contributed by atoms with Crippen molar-refractivity contribution < 1.29 is 19.4 Å². The number of benzene rings is 3. The van der Waals surface area contributed by atoms with Gasteiger partial charge in [0.2, 0.25) is 0 Å². The van der Waals surface area contributed by atoms with Crippen LogP contribution in [-0.2, 0) is 11.2 Å². The number of nitrogens with one attached hydrogen (secondary N) is 1. The average Bonchev–Trinajstić information content (AvgIpc) is 2.88. The third-order valence-electron chi connectivity index (χ3n) is 5.94. The lowest BCUT2D eigenvalue weighted by Crippen LogP contribution is -2.42. The number of aliphatic carboxylic acids is 1. The molecule has 0 radical (unpaired) electrons. The first-order valence-corrected chi connectivity index (χ1v) is 13.4. The highest BCUT2D eigenvalue weighted by atomic mass is 35.5. The van der Waals surface area contributed by atoms with Gasteiger partial charge in [0.15, 0.2) is 0 Å². The van der Waals surface area contributed by atoms with Crippen molar-refractivity contribution >= 4 is 46.7 Å². The van der Waals surface area contributed by atoms with E-state index in [0.29, 0.717) is 27.4 Å². The van der Waals surface area contributed by atoms with E-state index in [9.17, 15) is 14.7 Å². The van der Waals surface area contributed by atoms with Crippen LogP contribution in [0.15, 0.2) is 60.7 Å². The molecule has 1 atom stereocenters. The van der Waals surface area contributed by atoms with Gasteiger partial charge in [-0.15, -0.1) is 0 Å². The van der Waals surface area contributed by atoms with Crippen molar-refractivity contribution in [3.63, 3.8) is 0 Å². The molecule has 2 N–H and O–H groups in total. The van der Waals surface area contributed by atoms with Gasteiger partial charge in [-0.05, 0) is 53.4 Å². The molecule has 0 fully saturated rings. The zero-order valence-electron chi connectivity index (χ0n) is 20.6. The molecule has 0 spiro atoms. The van der Waals surface area contributed by atoms with Gasteiger partial charge >= 0.3 is 5.97 Å². The number of ether oxygens (including phenoxy) is 1. The van der Waals surface area contributed by atoms with Gasteiger partial charge < -0.3 is 15.2 Å². The van der Waals surface area contributed by atoms with Gasteiger partial charge in [0, 0.05) is 11.4 Å². The molecule has 0 aromatic heterocycles. The van der Waals surface area contributed by atoms with Crippen molar-refractivity contribution in [3.05, 3.63) is 86.9 Å². The Morgan fingerprint density at radius 3 is 2.24 bits per heavy atom. The zero-order valence-corrected chi connectivity index (χ0v) is 22.9. The van der Waals surface area contributed by atoms with E-state index in [1.807, 2.05) is 30.3 Å². The molecule has 1 amide bonds. The van der Waals surface area contributed by atoms with Gasteiger partial charge in [-0.3, -0.25) is 4.79 Å². The molecule has 0 unspecified atom stereocenters. The van der Waals surface area contributed by atoms with Gasteiger partial charge in [-0.25, -0.2) is 4.79 Å². The van der Waals surface area contributed by atoms with Gasteiger partial charge in [-0.2, -0.15) is 0 Å². The third-order valence-corrected chi connectivity index (χ3v) is 6.92. The van der Waals surface area contributed by atoms with Crippen LogP contribution in [0.25, 0.3) is 11.1 Å². The number of carbonyl (C=O) groups is 2. The maximum Gasteiger partial charge on any atom is 0.326 e. The van der Waals surface area contributed by atoms with Gasteiger partial charge in [-0.1, -0.05) is 97.7 Å². The molecule has 196 valence electrons. The van der Waals surface area contributed by atoms with Crippen LogP contribution in [0.1, 0.15) is 54.9 Å². The number of rotatable bonds is 13. The van der Waals surface area contributed by atoms with Crippen molar-refractivity contribution in [2.24, 2.45) is 0 Å². The van der Waals surface area contributed by atoms with Gasteiger partial charge in [0.05, 0.1) is 22.2 Å². The predicted molar refractivity (Wildman–Crippen MR) is 150 cm³/mol. The van der Waals surface area contributed by atoms with E-state index < -0.39 is 17.9 Å². The summed E-state index contributed by atoms with van der Waals surface area (Å²) in [5.41, 5.74) is 2.77. The lowest BCUT2D eigenvalue weighted by molar-refractivity contribution is -0.139. The van der Waals surface area contributed by atoms with Crippen LogP contribution in [0.5, 0.6) is 5.75 Å². The highest BCUT2D eigenvalue weighted by Crippen LogP contribution is 2.29. The average molecular weight is 563 g/mol. The number of halogens is 3. The van der Waals surface area contributed by atoms with Crippen molar-refractivity contribution in [2.45, 2.75) is 51.5 Å². The summed E-state index contributed by atoms with van der Waals surface area (Å²) in [4.78, 5) is 25.0. The van der Waals surface area contributed by atoms with E-state index in [1.54, 1.807) is 24.3 Å². The Hall–Kier alpha value is -2.73. The summed E-state index contributed by atoms with van der Waals surface area (Å²) < 4.78 is 5.84. The number of hydrogen-bond donors (Lipinski definition) is 2. The topological polar surface area (TPSA) is 75.6 Å². The normalized spacial score (nSPS) is 11.7. The van der Waals surface area contributed by atoms with E-state index in [2.05, 4.69) is 12.2 Å². The molecule has 3 aromatic carbocycles. The molecule has 0 aliphatic rings. The summed E-state index contributed by atoms with van der Waals surface area (Å²) in [6.07, 6.45) is 5.52. The highest BCUT2D eigenvalue weighted by Gasteiger charge is 2.23. The van der Waals surface area contributed by atoms with E-state index in [4.69, 9.17) is 39.5 Å². The van der Waals surface area contributed by atoms with E-state index in [1.165, 1.54) is 12.5 Å². The van der Waals surface area contributed by atoms with E-state index >= 15 is 0 Å². The fraction of sp³-hybridized carbons (Fsp3) is 0.310. The number of unbranched alkanes of at least 4 members (excludes halogenated alkanes) is 4. The Morgan fingerprint density at radius 1 is 0.865 bits per heavy atom. The quantitative estimate of drug-likeness (QED) is 0.206. The number of carboxylic acids is 1. The van der Waals surface area contributed by atoms with Crippen LogP contribution >= 0.6 is 34.8 Å². The Kier molecular flexibility index (Phi) is 11.1. The standard InChI is InChI=1S/C29H30Cl3NO4/c1-2-3-4-5-6-15-37-27-14-12-22(30)18-23(27)28(34)33-26(29(35)36)16-19-7-9-20(10-8-19)21-11-13-24(31)25(32)17-21/h7-14,17-18,26H,2-6,15-16H2,1H3,(H,33,34)(H,35,36)/t26-/m0/s1. The van der Waals surface area contributed by atoms with Crippen LogP contribution in [0.2, 0.25) is 15.1 Å². The lowest BCUT2D eigenvalue weighted by Gasteiger charge is -2.17. The summed E-state index contributed by atoms with van der Waals surface area (Å²) in [5.74, 6) is -1.31. The molecule has 5 nitrogen and oxygen atoms in total. The minimum Gasteiger partial charge on any atom is -0.493 e. The molecule has 8 heteroatoms. The van der Waals surface area contributed by atoms with Crippen LogP contribution < -0.4 is 10.1 Å². The monoisotopic (exact) mass is 561 g/mol. The van der Waals surface area contributed by atoms with E-state index in [0.717, 1.165) is 42.4 Å². The number of hydrogen-bond acceptors (Lipinski definition) is 3. The van der Waals surface area contributed by atoms with E-state index in [-0.39, 0.29) is 12.0 Å². The van der Waals surface area contributed by atoms with Crippen molar-refractivity contribution in [1.29, 1.82) is 0 Å². The summed E-state index contributed by atoms with van der Waals surface area (Å²) in [6, 6.07) is 16.4. The Bertz CT molecular complexity index is 1210. The Morgan fingerprint density at radius 2 is 1.57 bits per heavy atom. The molecule has 0 saturated carbocycles. The van der Waals surface area contributed by atoms with Gasteiger partial charge in [0.25, 0.3) is 5.91 Å². The summed E-state index contributed by atoms with van der Waals surface area (Å²) in [7, 11) is 0. The number of carbonyl (C=O) groups excluding carboxylic acids is 1. The fourth-order valence-electron chi connectivity index (χ4n) is 3.87. The second kappa shape index (κ2) is 14.3. The number of amides is 1. The molecule has 37 heavy (non-hydrogen) atoms. The highest BCUT2D eigenvalue weighted by molar-refractivity contribution is 6.42. The van der Waals surface area contributed by atoms with Crippen LogP contribution in [0.3, 0.4) is 0 Å². The first-order valence-electron chi connectivity index (χ1n) is 12.3. The SMILES string of the molecule is CCCCCCCOc1ccc(Cl)cc1C(=O)N[C@@H](Cc1ccc(-c2ccc(Cl)c(Cl)c2)cc1)C(=O)O. The molecule has 0 heterocycles. The Labute approximate surface area is 232 Å².